The van der Waals surface area contributed by atoms with Gasteiger partial charge in [-0.05, 0) is 18.9 Å². The predicted octanol–water partition coefficient (Wildman–Crippen LogP) is 1.54. The second-order valence-electron chi connectivity index (χ2n) is 5.13. The van der Waals surface area contributed by atoms with Crippen molar-refractivity contribution in [2.45, 2.75) is 25.4 Å². The van der Waals surface area contributed by atoms with Gasteiger partial charge in [-0.2, -0.15) is 0 Å². The molecule has 3 heteroatoms. The minimum absolute atomic E-state index is 0.556. The average Bonchev–Trinajstić information content (AvgIpc) is 2.40. The van der Waals surface area contributed by atoms with Crippen LogP contribution in [0.4, 0.5) is 0 Å². The lowest BCUT2D eigenvalue weighted by molar-refractivity contribution is 0.0934. The van der Waals surface area contributed by atoms with Crippen LogP contribution in [0.5, 0.6) is 0 Å². The van der Waals surface area contributed by atoms with Crippen molar-refractivity contribution in [3.63, 3.8) is 0 Å². The number of ether oxygens (including phenoxy) is 1. The van der Waals surface area contributed by atoms with E-state index in [-0.39, 0.29) is 0 Å². The molecule has 0 aromatic heterocycles. The van der Waals surface area contributed by atoms with Crippen LogP contribution in [0.2, 0.25) is 0 Å². The number of hydrogen-bond acceptors (Lipinski definition) is 3. The van der Waals surface area contributed by atoms with E-state index in [9.17, 15) is 0 Å². The van der Waals surface area contributed by atoms with Crippen molar-refractivity contribution in [1.29, 1.82) is 0 Å². The Labute approximate surface area is 110 Å². The molecule has 0 bridgehead atoms. The first kappa shape index (κ1) is 13.5. The van der Waals surface area contributed by atoms with Crippen molar-refractivity contribution < 1.29 is 4.74 Å². The van der Waals surface area contributed by atoms with Crippen LogP contribution in [0.25, 0.3) is 0 Å². The Morgan fingerprint density at radius 2 is 2.11 bits per heavy atom. The van der Waals surface area contributed by atoms with Gasteiger partial charge in [0.25, 0.3) is 0 Å². The van der Waals surface area contributed by atoms with Crippen LogP contribution >= 0.6 is 0 Å². The molecule has 1 aliphatic heterocycles. The number of methoxy groups -OCH3 is 1. The van der Waals surface area contributed by atoms with Gasteiger partial charge in [-0.3, -0.25) is 4.90 Å². The Morgan fingerprint density at radius 1 is 1.33 bits per heavy atom. The smallest absolute Gasteiger partial charge is 0.0589 e. The van der Waals surface area contributed by atoms with E-state index in [1.54, 1.807) is 7.11 Å². The summed E-state index contributed by atoms with van der Waals surface area (Å²) >= 11 is 0. The first-order valence-electron chi connectivity index (χ1n) is 6.80. The summed E-state index contributed by atoms with van der Waals surface area (Å²) in [5.41, 5.74) is 1.41. The highest BCUT2D eigenvalue weighted by Crippen LogP contribution is 2.11. The lowest BCUT2D eigenvalue weighted by atomic mass is 10.0. The Kier molecular flexibility index (Phi) is 5.17. The Morgan fingerprint density at radius 3 is 2.83 bits per heavy atom. The number of nitrogens with one attached hydrogen (secondary N) is 1. The maximum absolute atomic E-state index is 5.18. The van der Waals surface area contributed by atoms with E-state index in [1.807, 2.05) is 0 Å². The van der Waals surface area contributed by atoms with Crippen LogP contribution in [0, 0.1) is 0 Å². The van der Waals surface area contributed by atoms with Crippen LogP contribution in [-0.2, 0) is 11.2 Å². The summed E-state index contributed by atoms with van der Waals surface area (Å²) in [6.07, 6.45) is 1.11. The van der Waals surface area contributed by atoms with Gasteiger partial charge < -0.3 is 10.1 Å². The molecule has 1 aromatic rings. The fraction of sp³-hybridized carbons (Fsp3) is 0.600. The molecule has 0 amide bonds. The van der Waals surface area contributed by atoms with Gasteiger partial charge >= 0.3 is 0 Å². The fourth-order valence-corrected chi connectivity index (χ4v) is 2.55. The van der Waals surface area contributed by atoms with E-state index in [0.29, 0.717) is 12.1 Å². The highest BCUT2D eigenvalue weighted by atomic mass is 16.5. The molecule has 0 aliphatic carbocycles. The van der Waals surface area contributed by atoms with Crippen molar-refractivity contribution in [3.8, 4) is 0 Å². The molecule has 0 saturated carbocycles. The Balaban J connectivity index is 1.87. The first-order chi connectivity index (χ1) is 8.79. The second kappa shape index (κ2) is 6.88. The molecule has 1 fully saturated rings. The molecule has 2 atom stereocenters. The molecule has 1 aliphatic rings. The molecule has 1 saturated heterocycles. The van der Waals surface area contributed by atoms with Gasteiger partial charge in [0.05, 0.1) is 6.61 Å². The maximum Gasteiger partial charge on any atom is 0.0589 e. The summed E-state index contributed by atoms with van der Waals surface area (Å²) in [6, 6.07) is 11.9. The number of rotatable bonds is 5. The van der Waals surface area contributed by atoms with Gasteiger partial charge in [-0.15, -0.1) is 0 Å². The third-order valence-corrected chi connectivity index (χ3v) is 3.69. The number of nitrogens with zero attached hydrogens (tertiary/aromatic N) is 1. The molecule has 3 nitrogen and oxygen atoms in total. The topological polar surface area (TPSA) is 24.5 Å². The summed E-state index contributed by atoms with van der Waals surface area (Å²) in [7, 11) is 1.77. The molecule has 2 unspecified atom stereocenters. The molecule has 1 heterocycles. The summed E-state index contributed by atoms with van der Waals surface area (Å²) in [4.78, 5) is 2.52. The summed E-state index contributed by atoms with van der Waals surface area (Å²) in [5, 5.41) is 3.64. The van der Waals surface area contributed by atoms with Gasteiger partial charge in [-0.25, -0.2) is 0 Å². The third-order valence-electron chi connectivity index (χ3n) is 3.69. The zero-order valence-electron chi connectivity index (χ0n) is 11.4. The summed E-state index contributed by atoms with van der Waals surface area (Å²) < 4.78 is 5.18. The minimum atomic E-state index is 0.556. The van der Waals surface area contributed by atoms with Crippen molar-refractivity contribution in [1.82, 2.24) is 10.2 Å². The highest BCUT2D eigenvalue weighted by Gasteiger charge is 2.24. The largest absolute Gasteiger partial charge is 0.383 e. The third kappa shape index (κ3) is 3.80. The molecule has 0 spiro atoms. The van der Waals surface area contributed by atoms with Gasteiger partial charge in [0.15, 0.2) is 0 Å². The average molecular weight is 248 g/mol. The van der Waals surface area contributed by atoms with Crippen LogP contribution in [0.1, 0.15) is 12.5 Å². The van der Waals surface area contributed by atoms with E-state index in [4.69, 9.17) is 4.74 Å². The molecule has 1 aromatic carbocycles. The molecular formula is C15H24N2O. The number of benzene rings is 1. The van der Waals surface area contributed by atoms with Gasteiger partial charge in [0, 0.05) is 38.8 Å². The van der Waals surface area contributed by atoms with Crippen LogP contribution < -0.4 is 5.32 Å². The number of piperazine rings is 1. The number of hydrogen-bond donors (Lipinski definition) is 1. The van der Waals surface area contributed by atoms with Crippen LogP contribution in [-0.4, -0.2) is 50.3 Å². The van der Waals surface area contributed by atoms with Crippen molar-refractivity contribution in [3.05, 3.63) is 35.9 Å². The van der Waals surface area contributed by atoms with Crippen molar-refractivity contribution >= 4 is 0 Å². The standard InChI is InChI=1S/C15H24N2O/c1-13-11-16-15(12-17(13)8-9-18-2)10-14-6-4-3-5-7-14/h3-7,13,15-16H,8-12H2,1-2H3. The van der Waals surface area contributed by atoms with Crippen molar-refractivity contribution in [2.24, 2.45) is 0 Å². The van der Waals surface area contributed by atoms with E-state index in [1.165, 1.54) is 5.56 Å². The van der Waals surface area contributed by atoms with E-state index >= 15 is 0 Å². The van der Waals surface area contributed by atoms with Gasteiger partial charge in [-0.1, -0.05) is 30.3 Å². The van der Waals surface area contributed by atoms with Crippen LogP contribution in [0.3, 0.4) is 0 Å². The zero-order valence-corrected chi connectivity index (χ0v) is 11.4. The summed E-state index contributed by atoms with van der Waals surface area (Å²) in [6.45, 7) is 6.31. The Hall–Kier alpha value is -0.900. The predicted molar refractivity (Wildman–Crippen MR) is 74.8 cm³/mol. The van der Waals surface area contributed by atoms with Gasteiger partial charge in [0.2, 0.25) is 0 Å². The first-order valence-corrected chi connectivity index (χ1v) is 6.80. The Bertz CT molecular complexity index is 342. The van der Waals surface area contributed by atoms with Crippen LogP contribution in [0.15, 0.2) is 30.3 Å². The molecule has 2 rings (SSSR count). The second-order valence-corrected chi connectivity index (χ2v) is 5.13. The van der Waals surface area contributed by atoms with E-state index in [0.717, 1.165) is 32.7 Å². The molecular weight excluding hydrogens is 224 g/mol. The SMILES string of the molecule is COCCN1CC(Cc2ccccc2)NCC1C. The fourth-order valence-electron chi connectivity index (χ4n) is 2.55. The van der Waals surface area contributed by atoms with Gasteiger partial charge in [0.1, 0.15) is 0 Å². The zero-order chi connectivity index (χ0) is 12.8. The van der Waals surface area contributed by atoms with Crippen molar-refractivity contribution in [2.75, 3.05) is 33.4 Å². The van der Waals surface area contributed by atoms with E-state index < -0.39 is 0 Å². The molecule has 0 radical (unpaired) electrons. The monoisotopic (exact) mass is 248 g/mol. The summed E-state index contributed by atoms with van der Waals surface area (Å²) in [5.74, 6) is 0. The maximum atomic E-state index is 5.18. The minimum Gasteiger partial charge on any atom is -0.383 e. The normalized spacial score (nSPS) is 25.2. The highest BCUT2D eigenvalue weighted by molar-refractivity contribution is 5.16. The lowest BCUT2D eigenvalue weighted by Gasteiger charge is -2.38. The lowest BCUT2D eigenvalue weighted by Crippen LogP contribution is -2.56. The quantitative estimate of drug-likeness (QED) is 0.855. The molecule has 100 valence electrons. The molecule has 18 heavy (non-hydrogen) atoms. The van der Waals surface area contributed by atoms with E-state index in [2.05, 4.69) is 47.5 Å². The molecule has 1 N–H and O–H groups in total.